The second kappa shape index (κ2) is 7.48. The molecular weight excluding hydrogens is 456 g/mol. The number of hydrogen-bond donors (Lipinski definition) is 2. The Hall–Kier alpha value is -2.36. The van der Waals surface area contributed by atoms with E-state index in [9.17, 15) is 13.2 Å². The van der Waals surface area contributed by atoms with E-state index in [-0.39, 0.29) is 11.8 Å². The molecule has 0 saturated heterocycles. The highest BCUT2D eigenvalue weighted by Gasteiger charge is 2.35. The van der Waals surface area contributed by atoms with Crippen molar-refractivity contribution in [3.05, 3.63) is 69.4 Å². The Balaban J connectivity index is 1.96. The molecule has 2 N–H and O–H groups in total. The van der Waals surface area contributed by atoms with Gasteiger partial charge in [-0.3, -0.25) is 0 Å². The minimum atomic E-state index is -4.56. The number of alkyl halides is 3. The monoisotopic (exact) mass is 470 g/mol. The first-order valence-corrected chi connectivity index (χ1v) is 8.70. The molecule has 0 radical (unpaired) electrons. The topological polar surface area (TPSA) is 49.8 Å². The molecule has 3 aromatic rings. The molecule has 3 rings (SSSR count). The third-order valence-corrected chi connectivity index (χ3v) is 4.31. The van der Waals surface area contributed by atoms with Gasteiger partial charge in [0.1, 0.15) is 11.4 Å². The van der Waals surface area contributed by atoms with E-state index >= 15 is 0 Å². The predicted molar refractivity (Wildman–Crippen MR) is 104 cm³/mol. The zero-order valence-electron chi connectivity index (χ0n) is 13.6. The quantitative estimate of drug-likeness (QED) is 0.467. The van der Waals surface area contributed by atoms with Crippen LogP contribution in [0.25, 0.3) is 0 Å². The number of nitrogens with one attached hydrogen (secondary N) is 2. The van der Waals surface area contributed by atoms with Crippen LogP contribution in [0.5, 0.6) is 0 Å². The van der Waals surface area contributed by atoms with E-state index in [4.69, 9.17) is 0 Å². The van der Waals surface area contributed by atoms with Crippen molar-refractivity contribution < 1.29 is 13.2 Å². The Morgan fingerprint density at radius 1 is 0.962 bits per heavy atom. The molecule has 0 atom stereocenters. The molecule has 1 aromatic heterocycles. The summed E-state index contributed by atoms with van der Waals surface area (Å²) in [6.07, 6.45) is -3.78. The number of halogens is 4. The molecule has 0 unspecified atom stereocenters. The summed E-state index contributed by atoms with van der Waals surface area (Å²) < 4.78 is 40.9. The number of nitrogens with zero attached hydrogens (tertiary/aromatic N) is 2. The highest BCUT2D eigenvalue weighted by atomic mass is 127. The molecular formula is C18H14F3IN4. The highest BCUT2D eigenvalue weighted by molar-refractivity contribution is 14.1. The van der Waals surface area contributed by atoms with Crippen LogP contribution in [0.2, 0.25) is 0 Å². The van der Waals surface area contributed by atoms with Crippen molar-refractivity contribution in [2.24, 2.45) is 0 Å². The molecule has 0 spiro atoms. The van der Waals surface area contributed by atoms with E-state index in [1.54, 1.807) is 24.3 Å². The smallest absolute Gasteiger partial charge is 0.340 e. The number of aromatic nitrogens is 2. The maximum atomic E-state index is 13.3. The summed E-state index contributed by atoms with van der Waals surface area (Å²) in [5.41, 5.74) is 1.25. The molecule has 4 nitrogen and oxygen atoms in total. The van der Waals surface area contributed by atoms with Crippen LogP contribution >= 0.6 is 22.6 Å². The Bertz CT molecular complexity index is 911. The van der Waals surface area contributed by atoms with Crippen LogP contribution < -0.4 is 10.6 Å². The summed E-state index contributed by atoms with van der Waals surface area (Å²) in [6, 6.07) is 14.4. The SMILES string of the molecule is Cc1ccccc1Nc1ncc(C(F)(F)F)c(Nc2ccc(I)cc2)n1. The number of hydrogen-bond acceptors (Lipinski definition) is 4. The zero-order chi connectivity index (χ0) is 18.7. The van der Waals surface area contributed by atoms with Gasteiger partial charge in [0, 0.05) is 21.1 Å². The van der Waals surface area contributed by atoms with Gasteiger partial charge in [-0.15, -0.1) is 0 Å². The van der Waals surface area contributed by atoms with Crippen molar-refractivity contribution in [3.63, 3.8) is 0 Å². The Morgan fingerprint density at radius 3 is 2.31 bits per heavy atom. The van der Waals surface area contributed by atoms with E-state index in [1.165, 1.54) is 0 Å². The molecule has 0 aliphatic carbocycles. The van der Waals surface area contributed by atoms with Crippen molar-refractivity contribution in [1.29, 1.82) is 0 Å². The maximum absolute atomic E-state index is 13.3. The average molecular weight is 470 g/mol. The Labute approximate surface area is 162 Å². The van der Waals surface area contributed by atoms with Gasteiger partial charge in [0.2, 0.25) is 5.95 Å². The van der Waals surface area contributed by atoms with Crippen LogP contribution in [-0.4, -0.2) is 9.97 Å². The van der Waals surface area contributed by atoms with Gasteiger partial charge in [0.15, 0.2) is 0 Å². The first kappa shape index (κ1) is 18.4. The molecule has 134 valence electrons. The van der Waals surface area contributed by atoms with Gasteiger partial charge in [0.05, 0.1) is 0 Å². The van der Waals surface area contributed by atoms with Crippen molar-refractivity contribution in [3.8, 4) is 0 Å². The van der Waals surface area contributed by atoms with E-state index < -0.39 is 11.7 Å². The van der Waals surface area contributed by atoms with Crippen LogP contribution in [0.1, 0.15) is 11.1 Å². The fourth-order valence-corrected chi connectivity index (χ4v) is 2.61. The molecule has 1 heterocycles. The summed E-state index contributed by atoms with van der Waals surface area (Å²) in [7, 11) is 0. The molecule has 0 bridgehead atoms. The predicted octanol–water partition coefficient (Wildman–Crippen LogP) is 5.90. The second-order valence-electron chi connectivity index (χ2n) is 5.53. The van der Waals surface area contributed by atoms with Crippen molar-refractivity contribution in [2.45, 2.75) is 13.1 Å². The lowest BCUT2D eigenvalue weighted by atomic mass is 10.2. The fraction of sp³-hybridized carbons (Fsp3) is 0.111. The molecule has 0 aliphatic heterocycles. The molecule has 26 heavy (non-hydrogen) atoms. The summed E-state index contributed by atoms with van der Waals surface area (Å²) in [6.45, 7) is 1.89. The fourth-order valence-electron chi connectivity index (χ4n) is 2.25. The van der Waals surface area contributed by atoms with Crippen LogP contribution in [0.3, 0.4) is 0 Å². The molecule has 0 fully saturated rings. The number of benzene rings is 2. The van der Waals surface area contributed by atoms with Crippen LogP contribution in [-0.2, 0) is 6.18 Å². The number of anilines is 4. The van der Waals surface area contributed by atoms with E-state index in [1.807, 2.05) is 31.2 Å². The molecule has 0 amide bonds. The summed E-state index contributed by atoms with van der Waals surface area (Å²) in [5.74, 6) is -0.217. The number of aryl methyl sites for hydroxylation is 1. The van der Waals surface area contributed by atoms with Crippen LogP contribution in [0.4, 0.5) is 36.3 Å². The van der Waals surface area contributed by atoms with E-state index in [0.717, 1.165) is 21.0 Å². The molecule has 2 aromatic carbocycles. The Morgan fingerprint density at radius 2 is 1.65 bits per heavy atom. The third-order valence-electron chi connectivity index (χ3n) is 3.59. The minimum absolute atomic E-state index is 0.0836. The molecule has 8 heteroatoms. The van der Waals surface area contributed by atoms with Crippen molar-refractivity contribution >= 4 is 45.7 Å². The normalized spacial score (nSPS) is 11.3. The standard InChI is InChI=1S/C18H14F3IN4/c1-11-4-2-3-5-15(11)25-17-23-10-14(18(19,20)21)16(26-17)24-13-8-6-12(22)7-9-13/h2-10H,1H3,(H2,23,24,25,26). The van der Waals surface area contributed by atoms with Gasteiger partial charge in [-0.25, -0.2) is 4.98 Å². The van der Waals surface area contributed by atoms with E-state index in [0.29, 0.717) is 5.69 Å². The second-order valence-corrected chi connectivity index (χ2v) is 6.77. The molecule has 0 aliphatic rings. The van der Waals surface area contributed by atoms with Crippen LogP contribution in [0, 0.1) is 10.5 Å². The lowest BCUT2D eigenvalue weighted by Gasteiger charge is -2.15. The van der Waals surface area contributed by atoms with Gasteiger partial charge in [-0.05, 0) is 65.4 Å². The van der Waals surface area contributed by atoms with Crippen molar-refractivity contribution in [2.75, 3.05) is 10.6 Å². The van der Waals surface area contributed by atoms with Gasteiger partial charge in [0.25, 0.3) is 0 Å². The first-order chi connectivity index (χ1) is 12.3. The van der Waals surface area contributed by atoms with Gasteiger partial charge in [-0.2, -0.15) is 18.2 Å². The lowest BCUT2D eigenvalue weighted by Crippen LogP contribution is -2.12. The lowest BCUT2D eigenvalue weighted by molar-refractivity contribution is -0.137. The Kier molecular flexibility index (Phi) is 5.30. The zero-order valence-corrected chi connectivity index (χ0v) is 15.8. The average Bonchev–Trinajstić information content (AvgIpc) is 2.58. The largest absolute Gasteiger partial charge is 0.421 e. The molecule has 0 saturated carbocycles. The van der Waals surface area contributed by atoms with Gasteiger partial charge in [-0.1, -0.05) is 18.2 Å². The number of para-hydroxylation sites is 1. The summed E-state index contributed by atoms with van der Waals surface area (Å²) in [5, 5.41) is 5.69. The first-order valence-electron chi connectivity index (χ1n) is 7.62. The minimum Gasteiger partial charge on any atom is -0.340 e. The number of rotatable bonds is 4. The van der Waals surface area contributed by atoms with Gasteiger partial charge >= 0.3 is 6.18 Å². The summed E-state index contributed by atoms with van der Waals surface area (Å²) in [4.78, 5) is 7.85. The van der Waals surface area contributed by atoms with E-state index in [2.05, 4.69) is 43.2 Å². The van der Waals surface area contributed by atoms with Crippen LogP contribution in [0.15, 0.2) is 54.7 Å². The third kappa shape index (κ3) is 4.43. The highest BCUT2D eigenvalue weighted by Crippen LogP contribution is 2.35. The van der Waals surface area contributed by atoms with Crippen molar-refractivity contribution in [1.82, 2.24) is 9.97 Å². The van der Waals surface area contributed by atoms with Gasteiger partial charge < -0.3 is 10.6 Å². The summed E-state index contributed by atoms with van der Waals surface area (Å²) >= 11 is 2.12. The maximum Gasteiger partial charge on any atom is 0.421 e.